The molecule has 0 atom stereocenters. The van der Waals surface area contributed by atoms with E-state index < -0.39 is 28.9 Å². The second-order valence-corrected chi connectivity index (χ2v) is 5.51. The van der Waals surface area contributed by atoms with Crippen molar-refractivity contribution in [1.29, 1.82) is 0 Å². The molecule has 4 nitrogen and oxygen atoms in total. The average Bonchev–Trinajstić information content (AvgIpc) is 2.94. The largest absolute Gasteiger partial charge is 0.352 e. The highest BCUT2D eigenvalue weighted by molar-refractivity contribution is 6.30. The van der Waals surface area contributed by atoms with E-state index in [2.05, 4.69) is 10.3 Å². The van der Waals surface area contributed by atoms with Crippen molar-refractivity contribution in [1.82, 2.24) is 14.7 Å². The highest BCUT2D eigenvalue weighted by Gasteiger charge is 2.18. The molecule has 2 heterocycles. The summed E-state index contributed by atoms with van der Waals surface area (Å²) in [6.07, 6.45) is 3.84. The Balaban J connectivity index is 1.65. The number of hydrogen-bond acceptors (Lipinski definition) is 2. The number of nitrogens with one attached hydrogen (secondary N) is 1. The first kappa shape index (κ1) is 16.3. The van der Waals surface area contributed by atoms with Crippen LogP contribution in [0, 0.1) is 17.5 Å². The van der Waals surface area contributed by atoms with Crippen LogP contribution in [0.2, 0.25) is 5.02 Å². The van der Waals surface area contributed by atoms with Crippen molar-refractivity contribution in [2.24, 2.45) is 0 Å². The Bertz CT molecular complexity index is 926. The van der Waals surface area contributed by atoms with Crippen molar-refractivity contribution in [2.45, 2.75) is 6.42 Å². The maximum Gasteiger partial charge on any atom is 0.254 e. The Morgan fingerprint density at radius 1 is 1.12 bits per heavy atom. The van der Waals surface area contributed by atoms with Crippen LogP contribution in [0.15, 0.2) is 36.7 Å². The molecule has 0 radical (unpaired) electrons. The van der Waals surface area contributed by atoms with Crippen LogP contribution in [-0.4, -0.2) is 21.8 Å². The lowest BCUT2D eigenvalue weighted by atomic mass is 10.2. The number of hydrogen-bond donors (Lipinski definition) is 1. The van der Waals surface area contributed by atoms with Gasteiger partial charge in [-0.3, -0.25) is 4.79 Å². The van der Waals surface area contributed by atoms with E-state index >= 15 is 0 Å². The first-order chi connectivity index (χ1) is 11.5. The molecule has 0 saturated heterocycles. The van der Waals surface area contributed by atoms with Crippen molar-refractivity contribution < 1.29 is 18.0 Å². The lowest BCUT2D eigenvalue weighted by Gasteiger charge is -2.06. The van der Waals surface area contributed by atoms with E-state index in [1.54, 1.807) is 28.9 Å². The van der Waals surface area contributed by atoms with Gasteiger partial charge in [-0.05, 0) is 24.3 Å². The molecule has 0 fully saturated rings. The number of aromatic nitrogens is 2. The molecular weight excluding hydrogens is 343 g/mol. The minimum absolute atomic E-state index is 0.162. The molecule has 2 aromatic heterocycles. The highest BCUT2D eigenvalue weighted by atomic mass is 35.5. The van der Waals surface area contributed by atoms with Gasteiger partial charge in [0.2, 0.25) is 0 Å². The summed E-state index contributed by atoms with van der Waals surface area (Å²) in [6.45, 7) is 0.162. The topological polar surface area (TPSA) is 46.4 Å². The molecule has 124 valence electrons. The highest BCUT2D eigenvalue weighted by Crippen LogP contribution is 2.15. The zero-order valence-electron chi connectivity index (χ0n) is 12.2. The Kier molecular flexibility index (Phi) is 4.44. The summed E-state index contributed by atoms with van der Waals surface area (Å²) < 4.78 is 41.3. The van der Waals surface area contributed by atoms with E-state index in [0.29, 0.717) is 28.9 Å². The Morgan fingerprint density at radius 2 is 1.92 bits per heavy atom. The minimum Gasteiger partial charge on any atom is -0.352 e. The Hall–Kier alpha value is -2.54. The van der Waals surface area contributed by atoms with Crippen LogP contribution in [0.1, 0.15) is 16.1 Å². The van der Waals surface area contributed by atoms with Crippen LogP contribution >= 0.6 is 11.6 Å². The lowest BCUT2D eigenvalue weighted by Crippen LogP contribution is -2.27. The molecular formula is C16H11ClF3N3O. The van der Waals surface area contributed by atoms with Crippen LogP contribution in [0.3, 0.4) is 0 Å². The first-order valence-electron chi connectivity index (χ1n) is 7.00. The van der Waals surface area contributed by atoms with Gasteiger partial charge in [0, 0.05) is 25.4 Å². The number of carbonyl (C=O) groups excluding carboxylic acids is 1. The number of rotatable bonds is 4. The molecule has 0 spiro atoms. The standard InChI is InChI=1S/C16H11ClF3N3O/c17-9-1-4-13-22-10(8-23(13)7-9)5-6-21-16(24)11-2-3-12(18)15(20)14(11)19/h1-4,7-8H,5-6H2,(H,21,24). The van der Waals surface area contributed by atoms with E-state index in [0.717, 1.165) is 6.07 Å². The summed E-state index contributed by atoms with van der Waals surface area (Å²) >= 11 is 5.88. The second kappa shape index (κ2) is 6.52. The SMILES string of the molecule is O=C(NCCc1cn2cc(Cl)ccc2n1)c1ccc(F)c(F)c1F. The predicted molar refractivity (Wildman–Crippen MR) is 82.6 cm³/mol. The number of imidazole rings is 1. The van der Waals surface area contributed by atoms with Crippen LogP contribution in [-0.2, 0) is 6.42 Å². The van der Waals surface area contributed by atoms with Gasteiger partial charge in [-0.15, -0.1) is 0 Å². The van der Waals surface area contributed by atoms with Crippen LogP contribution in [0.4, 0.5) is 13.2 Å². The molecule has 8 heteroatoms. The van der Waals surface area contributed by atoms with Crippen molar-refractivity contribution in [3.05, 3.63) is 70.4 Å². The van der Waals surface area contributed by atoms with Crippen LogP contribution in [0.25, 0.3) is 5.65 Å². The van der Waals surface area contributed by atoms with E-state index in [9.17, 15) is 18.0 Å². The van der Waals surface area contributed by atoms with Gasteiger partial charge < -0.3 is 9.72 Å². The first-order valence-corrected chi connectivity index (χ1v) is 7.38. The maximum absolute atomic E-state index is 13.5. The third-order valence-electron chi connectivity index (χ3n) is 3.41. The van der Waals surface area contributed by atoms with Gasteiger partial charge in [-0.1, -0.05) is 11.6 Å². The Labute approximate surface area is 139 Å². The number of benzene rings is 1. The molecule has 3 aromatic rings. The normalized spacial score (nSPS) is 11.0. The van der Waals surface area contributed by atoms with E-state index in [4.69, 9.17) is 11.6 Å². The lowest BCUT2D eigenvalue weighted by molar-refractivity contribution is 0.0948. The molecule has 3 rings (SSSR count). The van der Waals surface area contributed by atoms with E-state index in [1.165, 1.54) is 0 Å². The van der Waals surface area contributed by atoms with Crippen molar-refractivity contribution in [3.63, 3.8) is 0 Å². The summed E-state index contributed by atoms with van der Waals surface area (Å²) in [5, 5.41) is 3.01. The van der Waals surface area contributed by atoms with Gasteiger partial charge in [0.1, 0.15) is 5.65 Å². The zero-order valence-corrected chi connectivity index (χ0v) is 12.9. The van der Waals surface area contributed by atoms with Crippen LogP contribution < -0.4 is 5.32 Å². The second-order valence-electron chi connectivity index (χ2n) is 5.07. The predicted octanol–water partition coefficient (Wildman–Crippen LogP) is 3.38. The number of pyridine rings is 1. The molecule has 1 aromatic carbocycles. The van der Waals surface area contributed by atoms with Gasteiger partial charge in [0.25, 0.3) is 5.91 Å². The number of carbonyl (C=O) groups is 1. The molecule has 0 aliphatic carbocycles. The van der Waals surface area contributed by atoms with Gasteiger partial charge in [-0.25, -0.2) is 18.2 Å². The quantitative estimate of drug-likeness (QED) is 0.731. The molecule has 24 heavy (non-hydrogen) atoms. The van der Waals surface area contributed by atoms with Crippen molar-refractivity contribution >= 4 is 23.2 Å². The molecule has 0 aliphatic heterocycles. The summed E-state index contributed by atoms with van der Waals surface area (Å²) in [7, 11) is 0. The fourth-order valence-electron chi connectivity index (χ4n) is 2.24. The van der Waals surface area contributed by atoms with Gasteiger partial charge in [0.15, 0.2) is 17.5 Å². The maximum atomic E-state index is 13.5. The fraction of sp³-hybridized carbons (Fsp3) is 0.125. The summed E-state index contributed by atoms with van der Waals surface area (Å²) in [5.74, 6) is -5.33. The number of halogens is 4. The molecule has 0 bridgehead atoms. The minimum atomic E-state index is -1.67. The third kappa shape index (κ3) is 3.21. The summed E-state index contributed by atoms with van der Waals surface area (Å²) in [5.41, 5.74) is 0.853. The molecule has 0 aliphatic rings. The average molecular weight is 354 g/mol. The van der Waals surface area contributed by atoms with E-state index in [-0.39, 0.29) is 6.54 Å². The smallest absolute Gasteiger partial charge is 0.254 e. The van der Waals surface area contributed by atoms with Crippen molar-refractivity contribution in [3.8, 4) is 0 Å². The molecule has 0 saturated carbocycles. The molecule has 1 amide bonds. The van der Waals surface area contributed by atoms with Gasteiger partial charge in [-0.2, -0.15) is 0 Å². The number of amides is 1. The number of fused-ring (bicyclic) bond motifs is 1. The van der Waals surface area contributed by atoms with Gasteiger partial charge >= 0.3 is 0 Å². The Morgan fingerprint density at radius 3 is 2.71 bits per heavy atom. The monoisotopic (exact) mass is 353 g/mol. The summed E-state index contributed by atoms with van der Waals surface area (Å²) in [4.78, 5) is 16.2. The zero-order chi connectivity index (χ0) is 17.3. The third-order valence-corrected chi connectivity index (χ3v) is 3.63. The molecule has 0 unspecified atom stereocenters. The fourth-order valence-corrected chi connectivity index (χ4v) is 2.41. The van der Waals surface area contributed by atoms with Crippen molar-refractivity contribution in [2.75, 3.05) is 6.54 Å². The summed E-state index contributed by atoms with van der Waals surface area (Å²) in [6, 6.07) is 5.07. The molecule has 1 N–H and O–H groups in total. The van der Waals surface area contributed by atoms with E-state index in [1.807, 2.05) is 0 Å². The van der Waals surface area contributed by atoms with Gasteiger partial charge in [0.05, 0.1) is 16.3 Å². The van der Waals surface area contributed by atoms with Crippen LogP contribution in [0.5, 0.6) is 0 Å². The number of nitrogens with zero attached hydrogens (tertiary/aromatic N) is 2.